The molecule has 0 fully saturated rings. The van der Waals surface area contributed by atoms with Crippen molar-refractivity contribution < 1.29 is 14.3 Å². The van der Waals surface area contributed by atoms with Crippen LogP contribution in [0.2, 0.25) is 0 Å². The summed E-state index contributed by atoms with van der Waals surface area (Å²) in [6, 6.07) is 9.67. The third kappa shape index (κ3) is 4.04. The molecule has 1 aromatic rings. The molecule has 0 aliphatic heterocycles. The van der Waals surface area contributed by atoms with Crippen LogP contribution in [0, 0.1) is 0 Å². The maximum absolute atomic E-state index is 11.4. The number of thioether (sulfide) groups is 1. The Kier molecular flexibility index (Phi) is 5.65. The summed E-state index contributed by atoms with van der Waals surface area (Å²) in [6.45, 7) is 5.35. The van der Waals surface area contributed by atoms with Gasteiger partial charge in [-0.3, -0.25) is 9.59 Å². The second-order valence-corrected chi connectivity index (χ2v) is 4.89. The number of benzene rings is 1. The van der Waals surface area contributed by atoms with Crippen molar-refractivity contribution >= 4 is 29.1 Å². The Morgan fingerprint density at radius 3 is 2.44 bits per heavy atom. The van der Waals surface area contributed by atoms with Crippen LogP contribution in [-0.4, -0.2) is 29.9 Å². The van der Waals surface area contributed by atoms with Crippen LogP contribution < -0.4 is 0 Å². The number of ether oxygens (including phenoxy) is 1. The van der Waals surface area contributed by atoms with Gasteiger partial charge in [-0.1, -0.05) is 36.9 Å². The summed E-state index contributed by atoms with van der Waals surface area (Å²) < 4.78 is 4.60. The van der Waals surface area contributed by atoms with Crippen molar-refractivity contribution in [1.82, 2.24) is 0 Å². The number of Topliss-reactive ketones (excluding diaryl/α,β-unsaturated/α-hetero) is 1. The van der Waals surface area contributed by atoms with E-state index in [0.717, 1.165) is 11.1 Å². The Morgan fingerprint density at radius 1 is 1.33 bits per heavy atom. The summed E-state index contributed by atoms with van der Waals surface area (Å²) in [5.74, 6) is -0.190. The first-order valence-electron chi connectivity index (χ1n) is 5.49. The maximum Gasteiger partial charge on any atom is 0.326 e. The lowest BCUT2D eigenvalue weighted by atomic mass is 10.1. The number of methoxy groups -OCH3 is 1. The Balaban J connectivity index is 2.61. The standard InChI is InChI=1S/C14H16O3S/c1-10(12-7-5-4-6-8-12)9-18-13(11(2)15)14(16)17-3/h4-8,13H,1,9H2,2-3H3. The highest BCUT2D eigenvalue weighted by molar-refractivity contribution is 8.01. The van der Waals surface area contributed by atoms with Crippen molar-refractivity contribution in [3.05, 3.63) is 42.5 Å². The molecule has 0 amide bonds. The van der Waals surface area contributed by atoms with E-state index in [-0.39, 0.29) is 5.78 Å². The fourth-order valence-corrected chi connectivity index (χ4v) is 2.40. The van der Waals surface area contributed by atoms with Crippen molar-refractivity contribution in [2.45, 2.75) is 12.2 Å². The van der Waals surface area contributed by atoms with E-state index in [2.05, 4.69) is 11.3 Å². The van der Waals surface area contributed by atoms with E-state index >= 15 is 0 Å². The molecule has 0 bridgehead atoms. The fraction of sp³-hybridized carbons (Fsp3) is 0.286. The van der Waals surface area contributed by atoms with Gasteiger partial charge in [0, 0.05) is 5.75 Å². The van der Waals surface area contributed by atoms with E-state index in [1.54, 1.807) is 0 Å². The van der Waals surface area contributed by atoms with Gasteiger partial charge < -0.3 is 4.74 Å². The summed E-state index contributed by atoms with van der Waals surface area (Å²) in [4.78, 5) is 22.8. The van der Waals surface area contributed by atoms with Crippen LogP contribution in [-0.2, 0) is 14.3 Å². The number of carbonyl (C=O) groups is 2. The summed E-state index contributed by atoms with van der Waals surface area (Å²) in [6.07, 6.45) is 0. The number of ketones is 1. The molecule has 1 unspecified atom stereocenters. The highest BCUT2D eigenvalue weighted by Crippen LogP contribution is 2.22. The first kappa shape index (κ1) is 14.5. The minimum atomic E-state index is -0.768. The predicted molar refractivity (Wildman–Crippen MR) is 74.4 cm³/mol. The zero-order chi connectivity index (χ0) is 13.5. The SMILES string of the molecule is C=C(CSC(C(C)=O)C(=O)OC)c1ccccc1. The average molecular weight is 264 g/mol. The molecule has 0 aromatic heterocycles. The molecule has 0 N–H and O–H groups in total. The quantitative estimate of drug-likeness (QED) is 0.585. The molecular formula is C14H16O3S. The van der Waals surface area contributed by atoms with Crippen molar-refractivity contribution in [3.8, 4) is 0 Å². The van der Waals surface area contributed by atoms with E-state index in [1.165, 1.54) is 25.8 Å². The summed E-state index contributed by atoms with van der Waals surface area (Å²) in [5, 5.41) is -0.768. The molecule has 1 rings (SSSR count). The molecule has 0 radical (unpaired) electrons. The van der Waals surface area contributed by atoms with Gasteiger partial charge in [0.2, 0.25) is 0 Å². The second-order valence-electron chi connectivity index (χ2n) is 3.79. The van der Waals surface area contributed by atoms with Gasteiger partial charge in [0.05, 0.1) is 7.11 Å². The molecule has 0 aliphatic rings. The summed E-state index contributed by atoms with van der Waals surface area (Å²) >= 11 is 1.24. The normalized spacial score (nSPS) is 11.7. The van der Waals surface area contributed by atoms with E-state index in [1.807, 2.05) is 30.3 Å². The summed E-state index contributed by atoms with van der Waals surface area (Å²) in [7, 11) is 1.28. The second kappa shape index (κ2) is 7.01. The van der Waals surface area contributed by atoms with E-state index in [0.29, 0.717) is 5.75 Å². The van der Waals surface area contributed by atoms with Crippen molar-refractivity contribution in [2.24, 2.45) is 0 Å². The lowest BCUT2D eigenvalue weighted by Gasteiger charge is -2.12. The highest BCUT2D eigenvalue weighted by Gasteiger charge is 2.24. The molecule has 0 aliphatic carbocycles. The Morgan fingerprint density at radius 2 is 1.94 bits per heavy atom. The van der Waals surface area contributed by atoms with Crippen molar-refractivity contribution in [2.75, 3.05) is 12.9 Å². The van der Waals surface area contributed by atoms with Crippen LogP contribution in [0.25, 0.3) is 5.57 Å². The van der Waals surface area contributed by atoms with Gasteiger partial charge in [-0.15, -0.1) is 11.8 Å². The molecule has 0 saturated carbocycles. The first-order chi connectivity index (χ1) is 8.56. The molecule has 3 nitrogen and oxygen atoms in total. The number of hydrogen-bond acceptors (Lipinski definition) is 4. The largest absolute Gasteiger partial charge is 0.468 e. The zero-order valence-corrected chi connectivity index (χ0v) is 11.3. The topological polar surface area (TPSA) is 43.4 Å². The fourth-order valence-electron chi connectivity index (χ4n) is 1.40. The van der Waals surface area contributed by atoms with Crippen LogP contribution in [0.1, 0.15) is 12.5 Å². The Labute approximate surface area is 111 Å². The molecule has 96 valence electrons. The number of rotatable bonds is 6. The summed E-state index contributed by atoms with van der Waals surface area (Å²) in [5.41, 5.74) is 1.90. The molecule has 4 heteroatoms. The maximum atomic E-state index is 11.4. The molecule has 0 spiro atoms. The first-order valence-corrected chi connectivity index (χ1v) is 6.54. The Bertz CT molecular complexity index is 440. The smallest absolute Gasteiger partial charge is 0.326 e. The minimum Gasteiger partial charge on any atom is -0.468 e. The van der Waals surface area contributed by atoms with Crippen LogP contribution in [0.4, 0.5) is 0 Å². The lowest BCUT2D eigenvalue weighted by Crippen LogP contribution is -2.26. The Hall–Kier alpha value is -1.55. The van der Waals surface area contributed by atoms with Gasteiger partial charge in [0.1, 0.15) is 0 Å². The van der Waals surface area contributed by atoms with Crippen molar-refractivity contribution in [3.63, 3.8) is 0 Å². The average Bonchev–Trinajstić information content (AvgIpc) is 2.39. The molecule has 18 heavy (non-hydrogen) atoms. The lowest BCUT2D eigenvalue weighted by molar-refractivity contribution is -0.142. The van der Waals surface area contributed by atoms with E-state index in [4.69, 9.17) is 0 Å². The predicted octanol–water partition coefficient (Wildman–Crippen LogP) is 2.56. The van der Waals surface area contributed by atoms with Gasteiger partial charge in [-0.2, -0.15) is 0 Å². The number of hydrogen-bond donors (Lipinski definition) is 0. The highest BCUT2D eigenvalue weighted by atomic mass is 32.2. The van der Waals surface area contributed by atoms with Gasteiger partial charge in [0.15, 0.2) is 11.0 Å². The van der Waals surface area contributed by atoms with Gasteiger partial charge in [-0.05, 0) is 18.1 Å². The van der Waals surface area contributed by atoms with Crippen molar-refractivity contribution in [1.29, 1.82) is 0 Å². The third-order valence-electron chi connectivity index (χ3n) is 2.39. The minimum absolute atomic E-state index is 0.201. The number of esters is 1. The van der Waals surface area contributed by atoms with Crippen LogP contribution >= 0.6 is 11.8 Å². The van der Waals surface area contributed by atoms with E-state index in [9.17, 15) is 9.59 Å². The van der Waals surface area contributed by atoms with Gasteiger partial charge in [-0.25, -0.2) is 0 Å². The van der Waals surface area contributed by atoms with Gasteiger partial charge >= 0.3 is 5.97 Å². The van der Waals surface area contributed by atoms with Gasteiger partial charge in [0.25, 0.3) is 0 Å². The molecule has 0 saturated heterocycles. The molecule has 1 aromatic carbocycles. The van der Waals surface area contributed by atoms with E-state index < -0.39 is 11.2 Å². The molecule has 1 atom stereocenters. The van der Waals surface area contributed by atoms with Crippen LogP contribution in [0.15, 0.2) is 36.9 Å². The van der Waals surface area contributed by atoms with Crippen LogP contribution in [0.3, 0.4) is 0 Å². The zero-order valence-electron chi connectivity index (χ0n) is 10.5. The third-order valence-corrected chi connectivity index (χ3v) is 3.76. The molecular weight excluding hydrogens is 248 g/mol. The molecule has 0 heterocycles. The monoisotopic (exact) mass is 264 g/mol. The van der Waals surface area contributed by atoms with Crippen LogP contribution in [0.5, 0.6) is 0 Å². The number of carbonyl (C=O) groups excluding carboxylic acids is 2.